The van der Waals surface area contributed by atoms with Crippen molar-refractivity contribution >= 4 is 22.6 Å². The topological polar surface area (TPSA) is 71.2 Å². The van der Waals surface area contributed by atoms with Crippen LogP contribution < -0.4 is 0 Å². The maximum atomic E-state index is 9.48. The van der Waals surface area contributed by atoms with Gasteiger partial charge in [0.25, 0.3) is 0 Å². The van der Waals surface area contributed by atoms with Gasteiger partial charge in [-0.15, -0.1) is 0 Å². The molecule has 3 atom stereocenters. The SMILES string of the molecule is C=C1[C@@H](n2ccc3c(Cl)ncnc32)[C@H](CO)[C@H]1CO. The van der Waals surface area contributed by atoms with E-state index in [1.807, 2.05) is 16.8 Å². The monoisotopic (exact) mass is 279 g/mol. The number of hydrogen-bond donors (Lipinski definition) is 2. The second-order valence-electron chi connectivity index (χ2n) is 4.78. The Balaban J connectivity index is 2.06. The third-order valence-electron chi connectivity index (χ3n) is 3.95. The molecule has 1 aliphatic rings. The van der Waals surface area contributed by atoms with Crippen LogP contribution in [0.25, 0.3) is 11.0 Å². The van der Waals surface area contributed by atoms with Gasteiger partial charge in [-0.3, -0.25) is 0 Å². The van der Waals surface area contributed by atoms with Gasteiger partial charge >= 0.3 is 0 Å². The standard InChI is InChI=1S/C13H14ClN3O2/c1-7-9(4-18)10(5-19)11(7)17-3-2-8-12(14)15-6-16-13(8)17/h2-3,6,9-11,18-19H,1,4-5H2/t9-,10+,11+/m0/s1. The summed E-state index contributed by atoms with van der Waals surface area (Å²) in [4.78, 5) is 8.18. The van der Waals surface area contributed by atoms with Crippen LogP contribution in [0.1, 0.15) is 6.04 Å². The third kappa shape index (κ3) is 1.69. The predicted molar refractivity (Wildman–Crippen MR) is 71.9 cm³/mol. The molecule has 0 bridgehead atoms. The van der Waals surface area contributed by atoms with Crippen molar-refractivity contribution in [1.82, 2.24) is 14.5 Å². The second kappa shape index (κ2) is 4.59. The minimum absolute atomic E-state index is 0.00734. The third-order valence-corrected chi connectivity index (χ3v) is 4.25. The van der Waals surface area contributed by atoms with E-state index in [0.717, 1.165) is 16.6 Å². The van der Waals surface area contributed by atoms with Crippen LogP contribution in [0.2, 0.25) is 5.15 Å². The zero-order valence-corrected chi connectivity index (χ0v) is 11.0. The molecule has 0 aromatic carbocycles. The van der Waals surface area contributed by atoms with Crippen molar-refractivity contribution in [3.05, 3.63) is 35.9 Å². The molecular weight excluding hydrogens is 266 g/mol. The summed E-state index contributed by atoms with van der Waals surface area (Å²) in [6.07, 6.45) is 3.29. The summed E-state index contributed by atoms with van der Waals surface area (Å²) in [6.45, 7) is 4.03. The number of nitrogens with zero attached hydrogens (tertiary/aromatic N) is 3. The maximum Gasteiger partial charge on any atom is 0.145 e. The Morgan fingerprint density at radius 1 is 1.32 bits per heavy atom. The number of aliphatic hydroxyl groups is 2. The van der Waals surface area contributed by atoms with Crippen molar-refractivity contribution in [2.45, 2.75) is 6.04 Å². The first kappa shape index (κ1) is 12.6. The largest absolute Gasteiger partial charge is 0.396 e. The summed E-state index contributed by atoms with van der Waals surface area (Å²) in [5.41, 5.74) is 1.63. The molecule has 0 unspecified atom stereocenters. The summed E-state index contributed by atoms with van der Waals surface area (Å²) in [5, 5.41) is 20.0. The Morgan fingerprint density at radius 3 is 2.79 bits per heavy atom. The lowest BCUT2D eigenvalue weighted by Gasteiger charge is -2.46. The van der Waals surface area contributed by atoms with E-state index in [1.54, 1.807) is 0 Å². The smallest absolute Gasteiger partial charge is 0.145 e. The minimum Gasteiger partial charge on any atom is -0.396 e. The van der Waals surface area contributed by atoms with Crippen LogP contribution in [-0.2, 0) is 0 Å². The van der Waals surface area contributed by atoms with Crippen molar-refractivity contribution in [2.75, 3.05) is 13.2 Å². The normalized spacial score (nSPS) is 26.7. The molecule has 2 aromatic heterocycles. The molecule has 0 amide bonds. The van der Waals surface area contributed by atoms with Crippen LogP contribution in [0.4, 0.5) is 0 Å². The molecule has 6 heteroatoms. The second-order valence-corrected chi connectivity index (χ2v) is 5.14. The summed E-state index contributed by atoms with van der Waals surface area (Å²) in [7, 11) is 0. The summed E-state index contributed by atoms with van der Waals surface area (Å²) < 4.78 is 1.94. The highest BCUT2D eigenvalue weighted by molar-refractivity contribution is 6.33. The average Bonchev–Trinajstić information content (AvgIpc) is 2.81. The first-order chi connectivity index (χ1) is 9.19. The van der Waals surface area contributed by atoms with Crippen molar-refractivity contribution in [3.8, 4) is 0 Å². The molecule has 3 rings (SSSR count). The van der Waals surface area contributed by atoms with E-state index in [0.29, 0.717) is 5.15 Å². The molecule has 0 spiro atoms. The molecule has 2 heterocycles. The molecule has 1 saturated carbocycles. The van der Waals surface area contributed by atoms with E-state index in [-0.39, 0.29) is 31.1 Å². The van der Waals surface area contributed by atoms with Crippen molar-refractivity contribution in [2.24, 2.45) is 11.8 Å². The van der Waals surface area contributed by atoms with Gasteiger partial charge in [0.05, 0.1) is 18.0 Å². The molecule has 1 fully saturated rings. The Bertz CT molecular complexity index is 640. The van der Waals surface area contributed by atoms with Crippen LogP contribution in [0.3, 0.4) is 0 Å². The number of hydrogen-bond acceptors (Lipinski definition) is 4. The zero-order chi connectivity index (χ0) is 13.6. The van der Waals surface area contributed by atoms with Gasteiger partial charge in [-0.25, -0.2) is 9.97 Å². The molecule has 19 heavy (non-hydrogen) atoms. The van der Waals surface area contributed by atoms with Gasteiger partial charge in [-0.2, -0.15) is 0 Å². The fraction of sp³-hybridized carbons (Fsp3) is 0.385. The van der Waals surface area contributed by atoms with Crippen LogP contribution in [0.15, 0.2) is 30.7 Å². The summed E-state index contributed by atoms with van der Waals surface area (Å²) >= 11 is 6.02. The fourth-order valence-corrected chi connectivity index (χ4v) is 3.09. The molecule has 0 radical (unpaired) electrons. The zero-order valence-electron chi connectivity index (χ0n) is 10.2. The maximum absolute atomic E-state index is 9.48. The molecule has 100 valence electrons. The fourth-order valence-electron chi connectivity index (χ4n) is 2.90. The lowest BCUT2D eigenvalue weighted by Crippen LogP contribution is -2.44. The van der Waals surface area contributed by atoms with Gasteiger partial charge < -0.3 is 14.8 Å². The van der Waals surface area contributed by atoms with Crippen LogP contribution in [0.5, 0.6) is 0 Å². The van der Waals surface area contributed by atoms with Crippen LogP contribution in [-0.4, -0.2) is 38.0 Å². The number of fused-ring (bicyclic) bond motifs is 1. The predicted octanol–water partition coefficient (Wildman–Crippen LogP) is 1.41. The summed E-state index contributed by atoms with van der Waals surface area (Å²) in [6, 6.07) is 1.80. The highest BCUT2D eigenvalue weighted by Gasteiger charge is 2.45. The highest BCUT2D eigenvalue weighted by atomic mass is 35.5. The van der Waals surface area contributed by atoms with E-state index in [4.69, 9.17) is 11.6 Å². The molecule has 1 aliphatic carbocycles. The number of aromatic nitrogens is 3. The van der Waals surface area contributed by atoms with Gasteiger partial charge in [-0.1, -0.05) is 18.2 Å². The Kier molecular flexibility index (Phi) is 3.05. The molecule has 0 saturated heterocycles. The van der Waals surface area contributed by atoms with Crippen molar-refractivity contribution < 1.29 is 10.2 Å². The van der Waals surface area contributed by atoms with E-state index in [2.05, 4.69) is 16.5 Å². The first-order valence-electron chi connectivity index (χ1n) is 6.06. The van der Waals surface area contributed by atoms with Crippen LogP contribution in [0, 0.1) is 11.8 Å². The van der Waals surface area contributed by atoms with Gasteiger partial charge in [0, 0.05) is 24.6 Å². The lowest BCUT2D eigenvalue weighted by atomic mass is 9.66. The molecule has 0 aliphatic heterocycles. The number of aliphatic hydroxyl groups excluding tert-OH is 2. The van der Waals surface area contributed by atoms with E-state index >= 15 is 0 Å². The molecule has 2 aromatic rings. The molecular formula is C13H14ClN3O2. The molecule has 5 nitrogen and oxygen atoms in total. The number of halogens is 1. The average molecular weight is 280 g/mol. The summed E-state index contributed by atoms with van der Waals surface area (Å²) in [5.74, 6) is -0.0911. The Labute approximate surface area is 115 Å². The quantitative estimate of drug-likeness (QED) is 0.658. The van der Waals surface area contributed by atoms with E-state index < -0.39 is 0 Å². The minimum atomic E-state index is -0.0511. The Hall–Kier alpha value is -1.43. The number of rotatable bonds is 3. The van der Waals surface area contributed by atoms with Crippen LogP contribution >= 0.6 is 11.6 Å². The molecule has 2 N–H and O–H groups in total. The van der Waals surface area contributed by atoms with Gasteiger partial charge in [0.1, 0.15) is 17.1 Å². The van der Waals surface area contributed by atoms with Gasteiger partial charge in [-0.05, 0) is 11.6 Å². The van der Waals surface area contributed by atoms with E-state index in [1.165, 1.54) is 6.33 Å². The van der Waals surface area contributed by atoms with Gasteiger partial charge in [0.15, 0.2) is 0 Å². The lowest BCUT2D eigenvalue weighted by molar-refractivity contribution is 0.0538. The van der Waals surface area contributed by atoms with Crippen molar-refractivity contribution in [1.29, 1.82) is 0 Å². The van der Waals surface area contributed by atoms with Crippen molar-refractivity contribution in [3.63, 3.8) is 0 Å². The highest BCUT2D eigenvalue weighted by Crippen LogP contribution is 2.48. The van der Waals surface area contributed by atoms with Gasteiger partial charge in [0.2, 0.25) is 0 Å². The van der Waals surface area contributed by atoms with E-state index in [9.17, 15) is 10.2 Å². The Morgan fingerprint density at radius 2 is 2.11 bits per heavy atom. The first-order valence-corrected chi connectivity index (χ1v) is 6.44.